The second kappa shape index (κ2) is 8.14. The molecule has 168 valence electrons. The van der Waals surface area contributed by atoms with Crippen molar-refractivity contribution in [3.8, 4) is 5.75 Å². The van der Waals surface area contributed by atoms with Crippen molar-refractivity contribution in [3.05, 3.63) is 29.3 Å². The fraction of sp³-hybridized carbons (Fsp3) is 0.692. The molecular formula is C26H36N2O3. The molecule has 4 bridgehead atoms. The maximum atomic E-state index is 13.7. The van der Waals surface area contributed by atoms with E-state index >= 15 is 0 Å². The average molecular weight is 425 g/mol. The number of benzene rings is 1. The third kappa shape index (κ3) is 4.08. The van der Waals surface area contributed by atoms with Crippen LogP contribution in [0, 0.1) is 37.0 Å². The number of hydrogen-bond acceptors (Lipinski definition) is 3. The molecule has 0 radical (unpaired) electrons. The Labute approximate surface area is 186 Å². The van der Waals surface area contributed by atoms with Crippen molar-refractivity contribution in [2.75, 3.05) is 32.8 Å². The highest BCUT2D eigenvalue weighted by Gasteiger charge is 2.55. The van der Waals surface area contributed by atoms with Gasteiger partial charge in [0.25, 0.3) is 5.91 Å². The first-order chi connectivity index (χ1) is 14.9. The number of carbonyl (C=O) groups is 2. The molecule has 5 aliphatic rings. The summed E-state index contributed by atoms with van der Waals surface area (Å²) in [5, 5.41) is 0. The monoisotopic (exact) mass is 424 g/mol. The number of ether oxygens (including phenoxy) is 1. The van der Waals surface area contributed by atoms with Crippen molar-refractivity contribution < 1.29 is 14.3 Å². The van der Waals surface area contributed by atoms with Crippen LogP contribution in [0.3, 0.4) is 0 Å². The lowest BCUT2D eigenvalue weighted by Crippen LogP contribution is -2.55. The third-order valence-electron chi connectivity index (χ3n) is 8.31. The van der Waals surface area contributed by atoms with E-state index in [9.17, 15) is 9.59 Å². The van der Waals surface area contributed by atoms with Crippen molar-refractivity contribution >= 4 is 11.8 Å². The van der Waals surface area contributed by atoms with Crippen LogP contribution in [0.15, 0.2) is 18.2 Å². The van der Waals surface area contributed by atoms with Crippen LogP contribution in [0.5, 0.6) is 5.75 Å². The minimum absolute atomic E-state index is 0.0177. The second-order valence-corrected chi connectivity index (χ2v) is 10.8. The van der Waals surface area contributed by atoms with Crippen LogP contribution in [-0.4, -0.2) is 54.4 Å². The van der Waals surface area contributed by atoms with E-state index in [0.29, 0.717) is 25.5 Å². The largest absolute Gasteiger partial charge is 0.484 e. The van der Waals surface area contributed by atoms with Gasteiger partial charge in [-0.25, -0.2) is 0 Å². The number of hydrogen-bond donors (Lipinski definition) is 0. The van der Waals surface area contributed by atoms with Gasteiger partial charge in [-0.05, 0) is 88.2 Å². The average Bonchev–Trinajstić information content (AvgIpc) is 2.98. The summed E-state index contributed by atoms with van der Waals surface area (Å²) < 4.78 is 5.81. The highest BCUT2D eigenvalue weighted by Crippen LogP contribution is 2.60. The number of carbonyl (C=O) groups excluding carboxylic acids is 2. The first kappa shape index (κ1) is 20.8. The van der Waals surface area contributed by atoms with E-state index in [0.717, 1.165) is 61.3 Å². The minimum atomic E-state index is -0.0833. The van der Waals surface area contributed by atoms with E-state index < -0.39 is 0 Å². The molecular weight excluding hydrogens is 388 g/mol. The number of amides is 2. The Morgan fingerprint density at radius 2 is 1.55 bits per heavy atom. The van der Waals surface area contributed by atoms with Gasteiger partial charge in [0.1, 0.15) is 5.75 Å². The molecule has 1 aromatic rings. The predicted octanol–water partition coefficient (Wildman–Crippen LogP) is 3.96. The number of aryl methyl sites for hydroxylation is 2. The molecule has 4 saturated carbocycles. The molecule has 0 spiro atoms. The van der Waals surface area contributed by atoms with E-state index in [1.165, 1.54) is 24.8 Å². The molecule has 1 heterocycles. The van der Waals surface area contributed by atoms with E-state index in [4.69, 9.17) is 4.74 Å². The number of rotatable bonds is 4. The second-order valence-electron chi connectivity index (χ2n) is 10.8. The Kier molecular flexibility index (Phi) is 5.47. The lowest BCUT2D eigenvalue weighted by Gasteiger charge is -2.56. The summed E-state index contributed by atoms with van der Waals surface area (Å²) in [6.45, 7) is 6.89. The normalized spacial score (nSPS) is 32.1. The summed E-state index contributed by atoms with van der Waals surface area (Å²) in [5.74, 6) is 3.52. The zero-order valence-corrected chi connectivity index (χ0v) is 19.1. The topological polar surface area (TPSA) is 49.9 Å². The molecule has 0 unspecified atom stereocenters. The van der Waals surface area contributed by atoms with Crippen molar-refractivity contribution in [1.29, 1.82) is 0 Å². The highest BCUT2D eigenvalue weighted by molar-refractivity contribution is 5.83. The highest BCUT2D eigenvalue weighted by atomic mass is 16.5. The van der Waals surface area contributed by atoms with Crippen LogP contribution < -0.4 is 4.74 Å². The SMILES string of the molecule is Cc1ccc(OCC(=O)N2CCCN(C(=O)C34CC5CC(CC(C5)C3)C4)CC2)c(C)c1. The molecule has 31 heavy (non-hydrogen) atoms. The van der Waals surface area contributed by atoms with E-state index in [1.54, 1.807) is 0 Å². The van der Waals surface area contributed by atoms with Gasteiger partial charge >= 0.3 is 0 Å². The van der Waals surface area contributed by atoms with Crippen molar-refractivity contribution in [2.24, 2.45) is 23.2 Å². The Morgan fingerprint density at radius 1 is 0.935 bits per heavy atom. The van der Waals surface area contributed by atoms with Crippen molar-refractivity contribution in [3.63, 3.8) is 0 Å². The maximum Gasteiger partial charge on any atom is 0.260 e. The first-order valence-corrected chi connectivity index (χ1v) is 12.2. The van der Waals surface area contributed by atoms with Crippen LogP contribution in [0.1, 0.15) is 56.1 Å². The summed E-state index contributed by atoms with van der Waals surface area (Å²) in [6, 6.07) is 6.01. The summed E-state index contributed by atoms with van der Waals surface area (Å²) in [4.78, 5) is 30.4. The summed E-state index contributed by atoms with van der Waals surface area (Å²) >= 11 is 0. The quantitative estimate of drug-likeness (QED) is 0.735. The van der Waals surface area contributed by atoms with Gasteiger partial charge in [0.15, 0.2) is 6.61 Å². The molecule has 2 amide bonds. The molecule has 4 aliphatic carbocycles. The summed E-state index contributed by atoms with van der Waals surface area (Å²) in [6.07, 6.45) is 8.26. The molecule has 1 aromatic carbocycles. The molecule has 1 saturated heterocycles. The van der Waals surface area contributed by atoms with E-state index in [1.807, 2.05) is 24.0 Å². The van der Waals surface area contributed by atoms with Crippen LogP contribution in [-0.2, 0) is 9.59 Å². The fourth-order valence-electron chi connectivity index (χ4n) is 7.27. The smallest absolute Gasteiger partial charge is 0.260 e. The standard InChI is InChI=1S/C26H36N2O3/c1-18-4-5-23(19(2)10-18)31-17-24(29)27-6-3-7-28(9-8-27)25(30)26-14-20-11-21(15-26)13-22(12-20)16-26/h4-5,10,20-22H,3,6-9,11-17H2,1-2H3. The van der Waals surface area contributed by atoms with Gasteiger partial charge in [-0.3, -0.25) is 9.59 Å². The van der Waals surface area contributed by atoms with Gasteiger partial charge in [-0.2, -0.15) is 0 Å². The molecule has 0 atom stereocenters. The van der Waals surface area contributed by atoms with Gasteiger partial charge in [0.2, 0.25) is 5.91 Å². The van der Waals surface area contributed by atoms with Crippen LogP contribution in [0.2, 0.25) is 0 Å². The Hall–Kier alpha value is -2.04. The Balaban J connectivity index is 1.17. The van der Waals surface area contributed by atoms with Crippen LogP contribution in [0.4, 0.5) is 0 Å². The van der Waals surface area contributed by atoms with Crippen molar-refractivity contribution in [1.82, 2.24) is 9.80 Å². The molecule has 5 nitrogen and oxygen atoms in total. The van der Waals surface area contributed by atoms with Crippen LogP contribution in [0.25, 0.3) is 0 Å². The minimum Gasteiger partial charge on any atom is -0.484 e. The zero-order chi connectivity index (χ0) is 21.6. The first-order valence-electron chi connectivity index (χ1n) is 12.2. The molecule has 5 heteroatoms. The predicted molar refractivity (Wildman–Crippen MR) is 120 cm³/mol. The lowest BCUT2D eigenvalue weighted by molar-refractivity contribution is -0.157. The molecule has 6 rings (SSSR count). The van der Waals surface area contributed by atoms with Gasteiger partial charge in [-0.15, -0.1) is 0 Å². The maximum absolute atomic E-state index is 13.7. The number of nitrogens with zero attached hydrogens (tertiary/aromatic N) is 2. The van der Waals surface area contributed by atoms with E-state index in [2.05, 4.69) is 17.9 Å². The fourth-order valence-corrected chi connectivity index (χ4v) is 7.27. The molecule has 5 fully saturated rings. The zero-order valence-electron chi connectivity index (χ0n) is 19.1. The Morgan fingerprint density at radius 3 is 2.19 bits per heavy atom. The molecule has 1 aliphatic heterocycles. The van der Waals surface area contributed by atoms with E-state index in [-0.39, 0.29) is 17.9 Å². The molecule has 0 aromatic heterocycles. The lowest BCUT2D eigenvalue weighted by atomic mass is 9.49. The summed E-state index contributed by atoms with van der Waals surface area (Å²) in [7, 11) is 0. The van der Waals surface area contributed by atoms with Gasteiger partial charge in [0.05, 0.1) is 5.41 Å². The molecule has 0 N–H and O–H groups in total. The van der Waals surface area contributed by atoms with Gasteiger partial charge in [0, 0.05) is 26.2 Å². The third-order valence-corrected chi connectivity index (χ3v) is 8.31. The van der Waals surface area contributed by atoms with Crippen LogP contribution >= 0.6 is 0 Å². The van der Waals surface area contributed by atoms with Gasteiger partial charge < -0.3 is 14.5 Å². The Bertz CT molecular complexity index is 829. The van der Waals surface area contributed by atoms with Gasteiger partial charge in [-0.1, -0.05) is 17.7 Å². The van der Waals surface area contributed by atoms with Crippen molar-refractivity contribution in [2.45, 2.75) is 58.8 Å². The summed E-state index contributed by atoms with van der Waals surface area (Å²) in [5.41, 5.74) is 2.16.